The van der Waals surface area contributed by atoms with Crippen molar-refractivity contribution in [3.05, 3.63) is 23.8 Å². The van der Waals surface area contributed by atoms with Crippen molar-refractivity contribution in [2.75, 3.05) is 7.11 Å². The Morgan fingerprint density at radius 1 is 1.46 bits per heavy atom. The first-order valence-corrected chi connectivity index (χ1v) is 4.59. The van der Waals surface area contributed by atoms with Crippen LogP contribution in [0.15, 0.2) is 18.2 Å². The second kappa shape index (κ2) is 2.95. The summed E-state index contributed by atoms with van der Waals surface area (Å²) in [5, 5.41) is 9.38. The summed E-state index contributed by atoms with van der Waals surface area (Å²) in [6.45, 7) is 2.24. The van der Waals surface area contributed by atoms with Crippen molar-refractivity contribution in [3.8, 4) is 11.5 Å². The highest BCUT2D eigenvalue weighted by Crippen LogP contribution is 2.48. The molecule has 0 radical (unpaired) electrons. The Bertz CT molecular complexity index is 320. The van der Waals surface area contributed by atoms with Crippen molar-refractivity contribution in [2.24, 2.45) is 5.92 Å². The molecule has 70 valence electrons. The van der Waals surface area contributed by atoms with E-state index in [2.05, 4.69) is 6.92 Å². The molecule has 1 aromatic carbocycles. The Morgan fingerprint density at radius 2 is 2.15 bits per heavy atom. The summed E-state index contributed by atoms with van der Waals surface area (Å²) in [6.07, 6.45) is 1.26. The molecule has 2 nitrogen and oxygen atoms in total. The summed E-state index contributed by atoms with van der Waals surface area (Å²) in [4.78, 5) is 0. The molecule has 0 bridgehead atoms. The van der Waals surface area contributed by atoms with Gasteiger partial charge in [0.25, 0.3) is 0 Å². The van der Waals surface area contributed by atoms with Crippen molar-refractivity contribution >= 4 is 0 Å². The van der Waals surface area contributed by atoms with Gasteiger partial charge in [0, 0.05) is 0 Å². The van der Waals surface area contributed by atoms with E-state index in [0.29, 0.717) is 11.7 Å². The van der Waals surface area contributed by atoms with Crippen LogP contribution in [0.3, 0.4) is 0 Å². The first-order chi connectivity index (χ1) is 6.22. The van der Waals surface area contributed by atoms with E-state index in [0.717, 1.165) is 5.92 Å². The quantitative estimate of drug-likeness (QED) is 0.754. The van der Waals surface area contributed by atoms with Gasteiger partial charge in [0.1, 0.15) is 0 Å². The topological polar surface area (TPSA) is 29.5 Å². The summed E-state index contributed by atoms with van der Waals surface area (Å²) in [5.41, 5.74) is 1.28. The number of hydrogen-bond acceptors (Lipinski definition) is 2. The fourth-order valence-corrected chi connectivity index (χ4v) is 1.71. The standard InChI is InChI=1S/C11H14O2/c1-7-5-9(7)8-3-4-10(12)11(6-8)13-2/h3-4,6-7,9,12H,5H2,1-2H3/t7-,9-/m1/s1. The van der Waals surface area contributed by atoms with Crippen molar-refractivity contribution in [3.63, 3.8) is 0 Å². The van der Waals surface area contributed by atoms with E-state index >= 15 is 0 Å². The van der Waals surface area contributed by atoms with Crippen LogP contribution in [0.25, 0.3) is 0 Å². The highest BCUT2D eigenvalue weighted by molar-refractivity contribution is 5.44. The van der Waals surface area contributed by atoms with Crippen LogP contribution in [0, 0.1) is 5.92 Å². The maximum absolute atomic E-state index is 9.38. The predicted molar refractivity (Wildman–Crippen MR) is 51.2 cm³/mol. The average molecular weight is 178 g/mol. The molecule has 0 heterocycles. The molecule has 0 amide bonds. The normalized spacial score (nSPS) is 25.7. The zero-order valence-electron chi connectivity index (χ0n) is 7.95. The monoisotopic (exact) mass is 178 g/mol. The summed E-state index contributed by atoms with van der Waals surface area (Å²) >= 11 is 0. The number of hydrogen-bond donors (Lipinski definition) is 1. The maximum atomic E-state index is 9.38. The third-order valence-corrected chi connectivity index (χ3v) is 2.74. The Hall–Kier alpha value is -1.18. The molecule has 1 saturated carbocycles. The number of aromatic hydroxyl groups is 1. The zero-order chi connectivity index (χ0) is 9.42. The van der Waals surface area contributed by atoms with Gasteiger partial charge >= 0.3 is 0 Å². The van der Waals surface area contributed by atoms with Crippen LogP contribution in [0.1, 0.15) is 24.8 Å². The minimum atomic E-state index is 0.222. The van der Waals surface area contributed by atoms with Gasteiger partial charge in [-0.1, -0.05) is 13.0 Å². The van der Waals surface area contributed by atoms with Crippen LogP contribution in [0.5, 0.6) is 11.5 Å². The molecule has 2 rings (SSSR count). The smallest absolute Gasteiger partial charge is 0.160 e. The van der Waals surface area contributed by atoms with E-state index in [-0.39, 0.29) is 5.75 Å². The summed E-state index contributed by atoms with van der Waals surface area (Å²) in [5.74, 6) is 2.26. The molecule has 1 fully saturated rings. The van der Waals surface area contributed by atoms with Gasteiger partial charge < -0.3 is 9.84 Å². The SMILES string of the molecule is COc1cc([C@@H]2C[C@H]2C)ccc1O. The molecule has 13 heavy (non-hydrogen) atoms. The van der Waals surface area contributed by atoms with Gasteiger partial charge in [0.05, 0.1) is 7.11 Å². The van der Waals surface area contributed by atoms with E-state index in [1.165, 1.54) is 12.0 Å². The molecule has 1 aliphatic carbocycles. The van der Waals surface area contributed by atoms with Gasteiger partial charge in [-0.25, -0.2) is 0 Å². The molecule has 1 aromatic rings. The second-order valence-electron chi connectivity index (χ2n) is 3.75. The number of methoxy groups -OCH3 is 1. The highest BCUT2D eigenvalue weighted by atomic mass is 16.5. The van der Waals surface area contributed by atoms with Gasteiger partial charge in [-0.2, -0.15) is 0 Å². The van der Waals surface area contributed by atoms with Gasteiger partial charge in [0.2, 0.25) is 0 Å². The molecule has 1 N–H and O–H groups in total. The number of rotatable bonds is 2. The first-order valence-electron chi connectivity index (χ1n) is 4.59. The van der Waals surface area contributed by atoms with E-state index in [1.54, 1.807) is 13.2 Å². The fraction of sp³-hybridized carbons (Fsp3) is 0.455. The Kier molecular flexibility index (Phi) is 1.91. The van der Waals surface area contributed by atoms with Crippen molar-refractivity contribution in [2.45, 2.75) is 19.3 Å². The Morgan fingerprint density at radius 3 is 2.69 bits per heavy atom. The lowest BCUT2D eigenvalue weighted by atomic mass is 10.1. The van der Waals surface area contributed by atoms with Crippen LogP contribution >= 0.6 is 0 Å². The maximum Gasteiger partial charge on any atom is 0.160 e. The molecule has 0 aromatic heterocycles. The predicted octanol–water partition coefficient (Wildman–Crippen LogP) is 2.52. The minimum absolute atomic E-state index is 0.222. The molecular formula is C11H14O2. The van der Waals surface area contributed by atoms with Crippen molar-refractivity contribution < 1.29 is 9.84 Å². The number of ether oxygens (including phenoxy) is 1. The van der Waals surface area contributed by atoms with Crippen LogP contribution in [0.2, 0.25) is 0 Å². The lowest BCUT2D eigenvalue weighted by molar-refractivity contribution is 0.373. The van der Waals surface area contributed by atoms with Crippen molar-refractivity contribution in [1.29, 1.82) is 0 Å². The number of phenols is 1. The van der Waals surface area contributed by atoms with Crippen molar-refractivity contribution in [1.82, 2.24) is 0 Å². The molecule has 2 heteroatoms. The molecule has 1 aliphatic rings. The fourth-order valence-electron chi connectivity index (χ4n) is 1.71. The first kappa shape index (κ1) is 8.42. The number of benzene rings is 1. The average Bonchev–Trinajstić information content (AvgIpc) is 2.84. The highest BCUT2D eigenvalue weighted by Gasteiger charge is 2.34. The van der Waals surface area contributed by atoms with Gasteiger partial charge in [0.15, 0.2) is 11.5 Å². The third kappa shape index (κ3) is 1.48. The van der Waals surface area contributed by atoms with E-state index in [9.17, 15) is 5.11 Å². The minimum Gasteiger partial charge on any atom is -0.504 e. The lowest BCUT2D eigenvalue weighted by Gasteiger charge is -2.05. The molecule has 2 atom stereocenters. The largest absolute Gasteiger partial charge is 0.504 e. The molecule has 0 spiro atoms. The van der Waals surface area contributed by atoms with Gasteiger partial charge in [-0.3, -0.25) is 0 Å². The van der Waals surface area contributed by atoms with Crippen LogP contribution < -0.4 is 4.74 Å². The zero-order valence-corrected chi connectivity index (χ0v) is 7.95. The molecule has 0 unspecified atom stereocenters. The Labute approximate surface area is 78.2 Å². The molecule has 0 saturated heterocycles. The molecular weight excluding hydrogens is 164 g/mol. The second-order valence-corrected chi connectivity index (χ2v) is 3.75. The summed E-state index contributed by atoms with van der Waals surface area (Å²) in [7, 11) is 1.58. The van der Waals surface area contributed by atoms with E-state index < -0.39 is 0 Å². The van der Waals surface area contributed by atoms with E-state index in [1.807, 2.05) is 12.1 Å². The van der Waals surface area contributed by atoms with E-state index in [4.69, 9.17) is 4.74 Å². The summed E-state index contributed by atoms with van der Waals surface area (Å²) < 4.78 is 5.05. The number of phenolic OH excluding ortho intramolecular Hbond substituents is 1. The van der Waals surface area contributed by atoms with Gasteiger partial charge in [-0.15, -0.1) is 0 Å². The molecule has 0 aliphatic heterocycles. The third-order valence-electron chi connectivity index (χ3n) is 2.74. The van der Waals surface area contributed by atoms with Gasteiger partial charge in [-0.05, 0) is 36.0 Å². The van der Waals surface area contributed by atoms with Crippen LogP contribution in [-0.2, 0) is 0 Å². The Balaban J connectivity index is 2.28. The lowest BCUT2D eigenvalue weighted by Crippen LogP contribution is -1.87. The van der Waals surface area contributed by atoms with Crippen LogP contribution in [0.4, 0.5) is 0 Å². The van der Waals surface area contributed by atoms with Crippen LogP contribution in [-0.4, -0.2) is 12.2 Å². The summed E-state index contributed by atoms with van der Waals surface area (Å²) in [6, 6.07) is 5.62.